The van der Waals surface area contributed by atoms with E-state index in [0.29, 0.717) is 28.5 Å². The number of hydrogen-bond donors (Lipinski definition) is 1. The molecule has 8 heteroatoms. The van der Waals surface area contributed by atoms with Gasteiger partial charge in [0.15, 0.2) is 11.5 Å². The van der Waals surface area contributed by atoms with Crippen LogP contribution in [-0.4, -0.2) is 26.3 Å². The van der Waals surface area contributed by atoms with Crippen LogP contribution in [0.1, 0.15) is 29.5 Å². The Bertz CT molecular complexity index is 1010. The minimum absolute atomic E-state index is 0.0707. The summed E-state index contributed by atoms with van der Waals surface area (Å²) < 4.78 is 17.3. The van der Waals surface area contributed by atoms with Crippen molar-refractivity contribution in [3.05, 3.63) is 62.1 Å². The van der Waals surface area contributed by atoms with Crippen LogP contribution in [0.4, 0.5) is 11.4 Å². The highest BCUT2D eigenvalue weighted by Crippen LogP contribution is 2.55. The van der Waals surface area contributed by atoms with Gasteiger partial charge in [0.05, 0.1) is 48.0 Å². The Morgan fingerprint density at radius 3 is 2.55 bits per heavy atom. The Balaban J connectivity index is 1.88. The molecule has 7 nitrogen and oxygen atoms in total. The lowest BCUT2D eigenvalue weighted by molar-refractivity contribution is -0.385. The normalized spacial score (nSPS) is 21.7. The molecule has 29 heavy (non-hydrogen) atoms. The molecule has 152 valence electrons. The first-order valence-electron chi connectivity index (χ1n) is 9.20. The molecule has 0 fully saturated rings. The number of methoxy groups -OCH3 is 3. The second-order valence-electron chi connectivity index (χ2n) is 7.05. The van der Waals surface area contributed by atoms with Gasteiger partial charge in [-0.25, -0.2) is 0 Å². The minimum Gasteiger partial charge on any atom is -0.495 e. The first-order chi connectivity index (χ1) is 14.0. The summed E-state index contributed by atoms with van der Waals surface area (Å²) in [4.78, 5) is 11.4. The first-order valence-corrected chi connectivity index (χ1v) is 9.99. The predicted molar refractivity (Wildman–Crippen MR) is 113 cm³/mol. The maximum atomic E-state index is 11.7. The fraction of sp³-hybridized carbons (Fsp3) is 0.333. The van der Waals surface area contributed by atoms with Crippen LogP contribution < -0.4 is 19.5 Å². The van der Waals surface area contributed by atoms with Gasteiger partial charge < -0.3 is 19.5 Å². The van der Waals surface area contributed by atoms with Crippen LogP contribution in [0.25, 0.3) is 0 Å². The van der Waals surface area contributed by atoms with Crippen molar-refractivity contribution in [1.82, 2.24) is 0 Å². The molecule has 1 heterocycles. The van der Waals surface area contributed by atoms with Crippen molar-refractivity contribution >= 4 is 27.3 Å². The van der Waals surface area contributed by atoms with Crippen molar-refractivity contribution in [1.29, 1.82) is 0 Å². The van der Waals surface area contributed by atoms with E-state index < -0.39 is 0 Å². The molecule has 2 aromatic rings. The van der Waals surface area contributed by atoms with E-state index in [-0.39, 0.29) is 28.5 Å². The molecule has 0 spiro atoms. The van der Waals surface area contributed by atoms with Gasteiger partial charge in [-0.2, -0.15) is 0 Å². The first kappa shape index (κ1) is 19.6. The number of nitrogens with zero attached hydrogens (tertiary/aromatic N) is 1. The monoisotopic (exact) mass is 460 g/mol. The molecule has 1 N–H and O–H groups in total. The molecule has 0 radical (unpaired) electrons. The molecule has 0 saturated carbocycles. The summed E-state index contributed by atoms with van der Waals surface area (Å²) >= 11 is 3.57. The number of halogens is 1. The molecule has 1 aliphatic heterocycles. The van der Waals surface area contributed by atoms with E-state index in [4.69, 9.17) is 14.2 Å². The fourth-order valence-electron chi connectivity index (χ4n) is 4.44. The van der Waals surface area contributed by atoms with Crippen molar-refractivity contribution in [2.75, 3.05) is 26.6 Å². The molecule has 0 saturated heterocycles. The number of nitrogens with one attached hydrogen (secondary N) is 1. The maximum absolute atomic E-state index is 11.7. The predicted octanol–water partition coefficient (Wildman–Crippen LogP) is 5.21. The summed E-state index contributed by atoms with van der Waals surface area (Å²) in [6.07, 6.45) is 4.99. The summed E-state index contributed by atoms with van der Waals surface area (Å²) in [5, 5.41) is 15.2. The number of fused-ring (bicyclic) bond motifs is 3. The largest absolute Gasteiger partial charge is 0.495 e. The van der Waals surface area contributed by atoms with Gasteiger partial charge in [0, 0.05) is 12.0 Å². The number of nitro benzene ring substituents is 1. The quantitative estimate of drug-likeness (QED) is 0.374. The molecule has 0 bridgehead atoms. The molecule has 0 aromatic heterocycles. The van der Waals surface area contributed by atoms with Gasteiger partial charge in [-0.1, -0.05) is 12.2 Å². The second kappa shape index (κ2) is 7.59. The van der Waals surface area contributed by atoms with E-state index in [9.17, 15) is 10.1 Å². The zero-order valence-electron chi connectivity index (χ0n) is 16.3. The third-order valence-corrected chi connectivity index (χ3v) is 6.28. The highest BCUT2D eigenvalue weighted by molar-refractivity contribution is 9.10. The maximum Gasteiger partial charge on any atom is 0.275 e. The second-order valence-corrected chi connectivity index (χ2v) is 7.90. The number of hydrogen-bond acceptors (Lipinski definition) is 6. The smallest absolute Gasteiger partial charge is 0.275 e. The van der Waals surface area contributed by atoms with Crippen molar-refractivity contribution in [3.63, 3.8) is 0 Å². The van der Waals surface area contributed by atoms with E-state index in [1.807, 2.05) is 12.1 Å². The fourth-order valence-corrected chi connectivity index (χ4v) is 5.06. The Hall–Kier alpha value is -2.74. The van der Waals surface area contributed by atoms with E-state index in [0.717, 1.165) is 16.5 Å². The average molecular weight is 461 g/mol. The molecular formula is C21H21BrN2O5. The zero-order valence-corrected chi connectivity index (χ0v) is 17.9. The molecule has 2 aromatic carbocycles. The molecule has 1 aliphatic carbocycles. The van der Waals surface area contributed by atoms with E-state index in [1.54, 1.807) is 27.4 Å². The molecule has 2 aliphatic rings. The summed E-state index contributed by atoms with van der Waals surface area (Å²) in [6.45, 7) is 0. The number of nitro groups is 1. The average Bonchev–Trinajstić information content (AvgIpc) is 3.21. The summed E-state index contributed by atoms with van der Waals surface area (Å²) in [5.41, 5.74) is 2.48. The Kier molecular flexibility index (Phi) is 5.12. The number of benzene rings is 2. The van der Waals surface area contributed by atoms with Crippen LogP contribution in [-0.2, 0) is 0 Å². The van der Waals surface area contributed by atoms with Gasteiger partial charge >= 0.3 is 0 Å². The van der Waals surface area contributed by atoms with Crippen LogP contribution in [0.15, 0.2) is 40.9 Å². The standard InChI is InChI=1S/C21H21BrN2O5/c1-27-16-8-7-15(24(25)26)18-12-5-4-6-13(12)19(23-20(16)18)11-9-14(22)21(29-3)17(10-11)28-2/h4-5,7-10,12-13,19,23H,6H2,1-3H3/t12-,13+,19+/m0/s1. The molecule has 0 unspecified atom stereocenters. The topological polar surface area (TPSA) is 82.9 Å². The third-order valence-electron chi connectivity index (χ3n) is 5.69. The lowest BCUT2D eigenvalue weighted by Gasteiger charge is -2.38. The van der Waals surface area contributed by atoms with Gasteiger partial charge in [-0.15, -0.1) is 0 Å². The van der Waals surface area contributed by atoms with Gasteiger partial charge in [0.1, 0.15) is 5.75 Å². The van der Waals surface area contributed by atoms with Crippen LogP contribution >= 0.6 is 15.9 Å². The summed E-state index contributed by atoms with van der Waals surface area (Å²) in [5.74, 6) is 1.91. The van der Waals surface area contributed by atoms with Crippen LogP contribution in [0.3, 0.4) is 0 Å². The van der Waals surface area contributed by atoms with Gasteiger partial charge in [0.2, 0.25) is 0 Å². The SMILES string of the molecule is COc1ccc([N+](=O)[O-])c2c1N[C@H](c1cc(Br)c(OC)c(OC)c1)[C@@H]1CC=C[C@H]21. The Morgan fingerprint density at radius 1 is 1.14 bits per heavy atom. The highest BCUT2D eigenvalue weighted by atomic mass is 79.9. The molecule has 4 rings (SSSR count). The summed E-state index contributed by atoms with van der Waals surface area (Å²) in [6, 6.07) is 7.05. The van der Waals surface area contributed by atoms with Gasteiger partial charge in [-0.05, 0) is 52.0 Å². The van der Waals surface area contributed by atoms with Crippen molar-refractivity contribution < 1.29 is 19.1 Å². The lowest BCUT2D eigenvalue weighted by atomic mass is 9.76. The zero-order chi connectivity index (χ0) is 20.7. The van der Waals surface area contributed by atoms with E-state index in [1.165, 1.54) is 6.07 Å². The van der Waals surface area contributed by atoms with Crippen molar-refractivity contribution in [3.8, 4) is 17.2 Å². The Labute approximate surface area is 176 Å². The number of allylic oxidation sites excluding steroid dienone is 2. The number of rotatable bonds is 5. The molecular weight excluding hydrogens is 440 g/mol. The number of ether oxygens (including phenoxy) is 3. The van der Waals surface area contributed by atoms with E-state index in [2.05, 4.69) is 33.4 Å². The minimum atomic E-state index is -0.323. The van der Waals surface area contributed by atoms with E-state index >= 15 is 0 Å². The van der Waals surface area contributed by atoms with Crippen LogP contribution in [0, 0.1) is 16.0 Å². The summed E-state index contributed by atoms with van der Waals surface area (Å²) in [7, 11) is 4.77. The highest BCUT2D eigenvalue weighted by Gasteiger charge is 2.43. The van der Waals surface area contributed by atoms with Gasteiger partial charge in [0.25, 0.3) is 5.69 Å². The van der Waals surface area contributed by atoms with Crippen LogP contribution in [0.5, 0.6) is 17.2 Å². The number of anilines is 1. The van der Waals surface area contributed by atoms with Crippen molar-refractivity contribution in [2.45, 2.75) is 18.4 Å². The lowest BCUT2D eigenvalue weighted by Crippen LogP contribution is -2.30. The molecule has 0 amide bonds. The Morgan fingerprint density at radius 2 is 1.90 bits per heavy atom. The van der Waals surface area contributed by atoms with Crippen molar-refractivity contribution in [2.24, 2.45) is 5.92 Å². The third kappa shape index (κ3) is 3.11. The van der Waals surface area contributed by atoms with Gasteiger partial charge in [-0.3, -0.25) is 10.1 Å². The molecule has 3 atom stereocenters. The van der Waals surface area contributed by atoms with Crippen LogP contribution in [0.2, 0.25) is 0 Å².